The van der Waals surface area contributed by atoms with Gasteiger partial charge in [0.25, 0.3) is 0 Å². The largest absolute Gasteiger partial charge is 0.483 e. The van der Waals surface area contributed by atoms with E-state index in [1.54, 1.807) is 6.08 Å². The first kappa shape index (κ1) is 28.4. The van der Waals surface area contributed by atoms with Gasteiger partial charge in [0, 0.05) is 26.3 Å². The zero-order chi connectivity index (χ0) is 29.4. The second-order valence-electron chi connectivity index (χ2n) is 10.2. The van der Waals surface area contributed by atoms with Crippen molar-refractivity contribution in [2.24, 2.45) is 0 Å². The second kappa shape index (κ2) is 10.8. The fourth-order valence-electron chi connectivity index (χ4n) is 4.34. The number of fused-ring (bicyclic) bond motifs is 2. The molecule has 0 saturated carbocycles. The van der Waals surface area contributed by atoms with E-state index >= 15 is 0 Å². The minimum absolute atomic E-state index is 0.0141. The minimum Gasteiger partial charge on any atom is -0.483 e. The highest BCUT2D eigenvalue weighted by Gasteiger charge is 2.32. The molecule has 0 N–H and O–H groups in total. The van der Waals surface area contributed by atoms with E-state index in [1.807, 2.05) is 39.8 Å². The summed E-state index contributed by atoms with van der Waals surface area (Å²) in [7, 11) is 0. The van der Waals surface area contributed by atoms with Gasteiger partial charge in [-0.3, -0.25) is 19.2 Å². The normalized spacial score (nSPS) is 13.2. The van der Waals surface area contributed by atoms with Crippen molar-refractivity contribution in [3.05, 3.63) is 63.5 Å². The second-order valence-corrected chi connectivity index (χ2v) is 10.2. The van der Waals surface area contributed by atoms with Crippen LogP contribution in [-0.4, -0.2) is 23.5 Å². The highest BCUT2D eigenvalue weighted by molar-refractivity contribution is 5.97. The SMILES string of the molecule is CC(=O)Oc1ccc(-c2coc3c(CC=C(C)C)c4c(c(OC(C)=O)c3c2=O)C=CC(C)(C)O4)cc1OC(C)=O. The van der Waals surface area contributed by atoms with Gasteiger partial charge in [-0.05, 0) is 64.0 Å². The third-order valence-electron chi connectivity index (χ3n) is 6.00. The number of benzene rings is 2. The van der Waals surface area contributed by atoms with Gasteiger partial charge >= 0.3 is 17.9 Å². The minimum atomic E-state index is -0.648. The standard InChI is InChI=1S/C31H30O9/c1-16(2)8-10-21-28-22(12-13-31(6,7)40-28)30(39-19(5)34)26-27(35)23(15-36-29(21)26)20-9-11-24(37-17(3)32)25(14-20)38-18(4)33/h8-9,11-15H,10H2,1-7H3. The number of carbonyl (C=O) groups is 3. The lowest BCUT2D eigenvalue weighted by Crippen LogP contribution is -2.29. The molecule has 0 spiro atoms. The van der Waals surface area contributed by atoms with Gasteiger partial charge in [-0.25, -0.2) is 0 Å². The van der Waals surface area contributed by atoms with Crippen LogP contribution >= 0.6 is 0 Å². The van der Waals surface area contributed by atoms with E-state index in [9.17, 15) is 19.2 Å². The van der Waals surface area contributed by atoms with Crippen LogP contribution in [0.1, 0.15) is 59.6 Å². The highest BCUT2D eigenvalue weighted by atomic mass is 16.6. The van der Waals surface area contributed by atoms with E-state index in [1.165, 1.54) is 45.2 Å². The predicted molar refractivity (Wildman–Crippen MR) is 149 cm³/mol. The van der Waals surface area contributed by atoms with Gasteiger partial charge in [-0.1, -0.05) is 17.7 Å². The van der Waals surface area contributed by atoms with Crippen molar-refractivity contribution >= 4 is 35.0 Å². The van der Waals surface area contributed by atoms with Gasteiger partial charge in [0.15, 0.2) is 17.2 Å². The smallest absolute Gasteiger partial charge is 0.308 e. The van der Waals surface area contributed by atoms with Crippen LogP contribution in [0.3, 0.4) is 0 Å². The summed E-state index contributed by atoms with van der Waals surface area (Å²) in [6.45, 7) is 11.4. The molecule has 4 rings (SSSR count). The van der Waals surface area contributed by atoms with Crippen molar-refractivity contribution in [1.82, 2.24) is 0 Å². The molecule has 0 atom stereocenters. The number of allylic oxidation sites excluding steroid dienone is 2. The van der Waals surface area contributed by atoms with Crippen molar-refractivity contribution < 1.29 is 37.7 Å². The van der Waals surface area contributed by atoms with Gasteiger partial charge in [-0.2, -0.15) is 0 Å². The summed E-state index contributed by atoms with van der Waals surface area (Å²) < 4.78 is 28.4. The summed E-state index contributed by atoms with van der Waals surface area (Å²) in [5.74, 6) is -1.41. The molecular formula is C31H30O9. The van der Waals surface area contributed by atoms with Crippen LogP contribution < -0.4 is 24.4 Å². The molecule has 208 valence electrons. The molecule has 2 aromatic carbocycles. The Morgan fingerprint density at radius 3 is 2.20 bits per heavy atom. The molecule has 1 aromatic heterocycles. The first-order valence-electron chi connectivity index (χ1n) is 12.6. The average Bonchev–Trinajstić information content (AvgIpc) is 2.83. The van der Waals surface area contributed by atoms with Crippen molar-refractivity contribution in [1.29, 1.82) is 0 Å². The Hall–Kier alpha value is -4.66. The van der Waals surface area contributed by atoms with Crippen molar-refractivity contribution in [2.75, 3.05) is 0 Å². The molecule has 3 aromatic rings. The Morgan fingerprint density at radius 1 is 0.925 bits per heavy atom. The topological polar surface area (TPSA) is 118 Å². The Bertz CT molecular complexity index is 1660. The lowest BCUT2D eigenvalue weighted by molar-refractivity contribution is -0.134. The first-order chi connectivity index (χ1) is 18.8. The molecule has 2 heterocycles. The molecule has 9 nitrogen and oxygen atoms in total. The summed E-state index contributed by atoms with van der Waals surface area (Å²) in [5.41, 5.74) is 1.68. The third kappa shape index (κ3) is 5.83. The number of ether oxygens (including phenoxy) is 4. The Kier molecular flexibility index (Phi) is 7.68. The van der Waals surface area contributed by atoms with Crippen LogP contribution in [0.2, 0.25) is 0 Å². The fourth-order valence-corrected chi connectivity index (χ4v) is 4.34. The zero-order valence-corrected chi connectivity index (χ0v) is 23.4. The predicted octanol–water partition coefficient (Wildman–Crippen LogP) is 5.93. The third-order valence-corrected chi connectivity index (χ3v) is 6.00. The van der Waals surface area contributed by atoms with E-state index in [4.69, 9.17) is 23.4 Å². The molecule has 0 bridgehead atoms. The molecule has 0 amide bonds. The van der Waals surface area contributed by atoms with Gasteiger partial charge < -0.3 is 23.4 Å². The molecular weight excluding hydrogens is 516 g/mol. The number of esters is 3. The lowest BCUT2D eigenvalue weighted by atomic mass is 9.93. The van der Waals surface area contributed by atoms with Gasteiger partial charge in [-0.15, -0.1) is 0 Å². The highest BCUT2D eigenvalue weighted by Crippen LogP contribution is 2.46. The molecule has 40 heavy (non-hydrogen) atoms. The summed E-state index contributed by atoms with van der Waals surface area (Å²) in [4.78, 5) is 49.5. The maximum Gasteiger partial charge on any atom is 0.308 e. The molecule has 0 fully saturated rings. The Balaban J connectivity index is 2.05. The van der Waals surface area contributed by atoms with Crippen LogP contribution in [0.4, 0.5) is 0 Å². The number of carbonyl (C=O) groups excluding carboxylic acids is 3. The Labute approximate surface area is 231 Å². The van der Waals surface area contributed by atoms with E-state index in [0.717, 1.165) is 5.57 Å². The maximum absolute atomic E-state index is 14.1. The van der Waals surface area contributed by atoms with Crippen LogP contribution in [0, 0.1) is 0 Å². The van der Waals surface area contributed by atoms with Crippen molar-refractivity contribution in [2.45, 2.75) is 60.5 Å². The van der Waals surface area contributed by atoms with Gasteiger partial charge in [0.05, 0.1) is 11.1 Å². The van der Waals surface area contributed by atoms with Crippen LogP contribution in [0.15, 0.2) is 51.4 Å². The Morgan fingerprint density at radius 2 is 1.57 bits per heavy atom. The fraction of sp³-hybridized carbons (Fsp3) is 0.290. The van der Waals surface area contributed by atoms with E-state index in [0.29, 0.717) is 28.9 Å². The quantitative estimate of drug-likeness (QED) is 0.211. The monoisotopic (exact) mass is 546 g/mol. The first-order valence-corrected chi connectivity index (χ1v) is 12.6. The van der Waals surface area contributed by atoms with Gasteiger partial charge in [0.2, 0.25) is 5.43 Å². The summed E-state index contributed by atoms with van der Waals surface area (Å²) in [6.07, 6.45) is 7.29. The molecule has 0 radical (unpaired) electrons. The van der Waals surface area contributed by atoms with Crippen molar-refractivity contribution in [3.8, 4) is 34.1 Å². The molecule has 0 unspecified atom stereocenters. The summed E-state index contributed by atoms with van der Waals surface area (Å²) >= 11 is 0. The maximum atomic E-state index is 14.1. The number of hydrogen-bond donors (Lipinski definition) is 0. The lowest BCUT2D eigenvalue weighted by Gasteiger charge is -2.30. The molecule has 1 aliphatic heterocycles. The average molecular weight is 547 g/mol. The van der Waals surface area contributed by atoms with Crippen molar-refractivity contribution in [3.63, 3.8) is 0 Å². The zero-order valence-electron chi connectivity index (χ0n) is 23.4. The van der Waals surface area contributed by atoms with E-state index < -0.39 is 28.9 Å². The van der Waals surface area contributed by atoms with Crippen LogP contribution in [0.25, 0.3) is 28.2 Å². The summed E-state index contributed by atoms with van der Waals surface area (Å²) in [5, 5.41) is 0.0645. The summed E-state index contributed by atoms with van der Waals surface area (Å²) in [6, 6.07) is 4.34. The number of hydrogen-bond acceptors (Lipinski definition) is 9. The van der Waals surface area contributed by atoms with E-state index in [2.05, 4.69) is 0 Å². The van der Waals surface area contributed by atoms with Gasteiger partial charge in [0.1, 0.15) is 28.6 Å². The van der Waals surface area contributed by atoms with Crippen LogP contribution in [-0.2, 0) is 20.8 Å². The molecule has 0 saturated heterocycles. The van der Waals surface area contributed by atoms with E-state index in [-0.39, 0.29) is 33.8 Å². The molecule has 1 aliphatic rings. The van der Waals surface area contributed by atoms with Crippen LogP contribution in [0.5, 0.6) is 23.0 Å². The number of rotatable bonds is 6. The molecule has 9 heteroatoms. The molecule has 0 aliphatic carbocycles.